The molecule has 1 N–H and O–H groups in total. The van der Waals surface area contributed by atoms with Gasteiger partial charge in [-0.1, -0.05) is 46.3 Å². The Morgan fingerprint density at radius 1 is 0.957 bits per heavy atom. The molecular formula is C19H14BrN3. The fourth-order valence-corrected chi connectivity index (χ4v) is 3.05. The van der Waals surface area contributed by atoms with Crippen LogP contribution in [-0.4, -0.2) is 15.0 Å². The third kappa shape index (κ3) is 2.66. The maximum absolute atomic E-state index is 4.65. The summed E-state index contributed by atoms with van der Waals surface area (Å²) in [4.78, 5) is 12.5. The number of nitrogens with zero attached hydrogens (tertiary/aromatic N) is 2. The number of hydrogen-bond acceptors (Lipinski definition) is 2. The number of nitrogens with one attached hydrogen (secondary N) is 1. The minimum atomic E-state index is 0.877. The average molecular weight is 364 g/mol. The molecule has 23 heavy (non-hydrogen) atoms. The number of aromatic amines is 1. The van der Waals surface area contributed by atoms with Crippen LogP contribution < -0.4 is 0 Å². The van der Waals surface area contributed by atoms with Gasteiger partial charge in [0, 0.05) is 21.8 Å². The molecule has 112 valence electrons. The van der Waals surface area contributed by atoms with Crippen LogP contribution in [0, 0.1) is 6.92 Å². The number of rotatable bonds is 2. The van der Waals surface area contributed by atoms with Gasteiger partial charge in [-0.15, -0.1) is 0 Å². The Labute approximate surface area is 142 Å². The summed E-state index contributed by atoms with van der Waals surface area (Å²) in [5.74, 6) is 0.877. The summed E-state index contributed by atoms with van der Waals surface area (Å²) in [5, 5.41) is 0. The van der Waals surface area contributed by atoms with E-state index < -0.39 is 0 Å². The Morgan fingerprint density at radius 3 is 2.52 bits per heavy atom. The number of H-pyrrole nitrogens is 1. The number of hydrogen-bond donors (Lipinski definition) is 1. The van der Waals surface area contributed by atoms with Gasteiger partial charge in [0.1, 0.15) is 5.82 Å². The average Bonchev–Trinajstić information content (AvgIpc) is 2.98. The highest BCUT2D eigenvalue weighted by molar-refractivity contribution is 9.10. The van der Waals surface area contributed by atoms with Crippen LogP contribution in [0.3, 0.4) is 0 Å². The lowest BCUT2D eigenvalue weighted by Crippen LogP contribution is -1.87. The van der Waals surface area contributed by atoms with Gasteiger partial charge in [-0.3, -0.25) is 4.98 Å². The van der Waals surface area contributed by atoms with Gasteiger partial charge in [-0.05, 0) is 36.8 Å². The second-order valence-corrected chi connectivity index (χ2v) is 6.41. The molecule has 0 aliphatic heterocycles. The van der Waals surface area contributed by atoms with E-state index in [0.29, 0.717) is 0 Å². The Bertz CT molecular complexity index is 987. The van der Waals surface area contributed by atoms with E-state index in [-0.39, 0.29) is 0 Å². The van der Waals surface area contributed by atoms with Crippen LogP contribution in [0.4, 0.5) is 0 Å². The van der Waals surface area contributed by atoms with Gasteiger partial charge in [0.25, 0.3) is 0 Å². The van der Waals surface area contributed by atoms with Gasteiger partial charge < -0.3 is 4.98 Å². The van der Waals surface area contributed by atoms with Crippen molar-refractivity contribution < 1.29 is 0 Å². The molecule has 0 unspecified atom stereocenters. The lowest BCUT2D eigenvalue weighted by molar-refractivity contribution is 1.27. The highest BCUT2D eigenvalue weighted by Crippen LogP contribution is 2.26. The van der Waals surface area contributed by atoms with E-state index >= 15 is 0 Å². The van der Waals surface area contributed by atoms with Crippen LogP contribution in [0.15, 0.2) is 65.3 Å². The molecule has 0 aliphatic rings. The molecule has 0 aliphatic carbocycles. The summed E-state index contributed by atoms with van der Waals surface area (Å²) in [5.41, 5.74) is 6.37. The Hall–Kier alpha value is -2.46. The van der Waals surface area contributed by atoms with Crippen molar-refractivity contribution in [1.29, 1.82) is 0 Å². The topological polar surface area (TPSA) is 41.6 Å². The van der Waals surface area contributed by atoms with Crippen LogP contribution >= 0.6 is 15.9 Å². The first-order valence-corrected chi connectivity index (χ1v) is 8.18. The number of halogens is 1. The van der Waals surface area contributed by atoms with E-state index in [9.17, 15) is 0 Å². The van der Waals surface area contributed by atoms with Gasteiger partial charge in [0.2, 0.25) is 0 Å². The largest absolute Gasteiger partial charge is 0.338 e. The Balaban J connectivity index is 1.73. The molecule has 0 radical (unpaired) electrons. The molecule has 0 spiro atoms. The highest BCUT2D eigenvalue weighted by atomic mass is 79.9. The maximum Gasteiger partial charge on any atom is 0.138 e. The molecule has 0 saturated heterocycles. The molecule has 4 rings (SSSR count). The monoisotopic (exact) mass is 363 g/mol. The molecular weight excluding hydrogens is 350 g/mol. The summed E-state index contributed by atoms with van der Waals surface area (Å²) >= 11 is 3.49. The van der Waals surface area contributed by atoms with Crippen molar-refractivity contribution in [1.82, 2.24) is 15.0 Å². The van der Waals surface area contributed by atoms with E-state index in [1.54, 1.807) is 0 Å². The van der Waals surface area contributed by atoms with E-state index in [0.717, 1.165) is 38.2 Å². The van der Waals surface area contributed by atoms with Crippen molar-refractivity contribution in [3.05, 3.63) is 70.8 Å². The number of fused-ring (bicyclic) bond motifs is 1. The summed E-state index contributed by atoms with van der Waals surface area (Å²) in [6, 6.07) is 18.4. The van der Waals surface area contributed by atoms with Gasteiger partial charge in [0.15, 0.2) is 0 Å². The van der Waals surface area contributed by atoms with E-state index in [1.165, 1.54) is 5.56 Å². The molecule has 3 nitrogen and oxygen atoms in total. The van der Waals surface area contributed by atoms with E-state index in [1.807, 2.05) is 30.5 Å². The van der Waals surface area contributed by atoms with E-state index in [2.05, 4.69) is 68.1 Å². The van der Waals surface area contributed by atoms with E-state index in [4.69, 9.17) is 0 Å². The molecule has 2 heterocycles. The highest BCUT2D eigenvalue weighted by Gasteiger charge is 2.07. The molecule has 0 bridgehead atoms. The second-order valence-electron chi connectivity index (χ2n) is 5.49. The van der Waals surface area contributed by atoms with Crippen LogP contribution in [0.25, 0.3) is 33.7 Å². The Kier molecular flexibility index (Phi) is 3.46. The molecule has 2 aromatic heterocycles. The summed E-state index contributed by atoms with van der Waals surface area (Å²) in [7, 11) is 0. The quantitative estimate of drug-likeness (QED) is 0.520. The number of pyridine rings is 1. The fourth-order valence-electron chi connectivity index (χ4n) is 2.69. The minimum Gasteiger partial charge on any atom is -0.338 e. The van der Waals surface area contributed by atoms with Crippen molar-refractivity contribution in [2.75, 3.05) is 0 Å². The third-order valence-electron chi connectivity index (χ3n) is 3.89. The smallest absolute Gasteiger partial charge is 0.138 e. The number of aromatic nitrogens is 3. The van der Waals surface area contributed by atoms with Crippen molar-refractivity contribution >= 4 is 27.0 Å². The third-order valence-corrected chi connectivity index (χ3v) is 4.38. The van der Waals surface area contributed by atoms with Crippen molar-refractivity contribution in [3.8, 4) is 22.6 Å². The van der Waals surface area contributed by atoms with Gasteiger partial charge in [0.05, 0.1) is 16.7 Å². The molecule has 4 aromatic rings. The summed E-state index contributed by atoms with van der Waals surface area (Å²) in [6.07, 6.45) is 1.83. The zero-order valence-electron chi connectivity index (χ0n) is 12.5. The van der Waals surface area contributed by atoms with Crippen molar-refractivity contribution in [2.24, 2.45) is 0 Å². The SMILES string of the molecule is Cc1cccnc1-c1ccc(-c2nc3ccc(Br)cc3[nH]2)cc1. The number of imidazole rings is 1. The van der Waals surface area contributed by atoms with Gasteiger partial charge >= 0.3 is 0 Å². The van der Waals surface area contributed by atoms with Crippen LogP contribution in [-0.2, 0) is 0 Å². The second kappa shape index (κ2) is 5.63. The van der Waals surface area contributed by atoms with Crippen LogP contribution in [0.2, 0.25) is 0 Å². The van der Waals surface area contributed by atoms with Crippen molar-refractivity contribution in [3.63, 3.8) is 0 Å². The molecule has 0 fully saturated rings. The Morgan fingerprint density at radius 2 is 1.74 bits per heavy atom. The summed E-state index contributed by atoms with van der Waals surface area (Å²) in [6.45, 7) is 2.08. The molecule has 0 amide bonds. The normalized spacial score (nSPS) is 11.0. The zero-order chi connectivity index (χ0) is 15.8. The van der Waals surface area contributed by atoms with Crippen molar-refractivity contribution in [2.45, 2.75) is 6.92 Å². The molecule has 0 atom stereocenters. The number of benzene rings is 2. The lowest BCUT2D eigenvalue weighted by Gasteiger charge is -2.05. The minimum absolute atomic E-state index is 0.877. The first-order chi connectivity index (χ1) is 11.2. The molecule has 0 saturated carbocycles. The van der Waals surface area contributed by atoms with Gasteiger partial charge in [-0.2, -0.15) is 0 Å². The predicted octanol–water partition coefficient (Wildman–Crippen LogP) is 5.36. The summed E-state index contributed by atoms with van der Waals surface area (Å²) < 4.78 is 1.04. The first kappa shape index (κ1) is 14.2. The predicted molar refractivity (Wildman–Crippen MR) is 97.2 cm³/mol. The molecule has 4 heteroatoms. The van der Waals surface area contributed by atoms with Crippen LogP contribution in [0.1, 0.15) is 5.56 Å². The number of aryl methyl sites for hydroxylation is 1. The zero-order valence-corrected chi connectivity index (χ0v) is 14.1. The fraction of sp³-hybridized carbons (Fsp3) is 0.0526. The maximum atomic E-state index is 4.65. The standard InChI is InChI=1S/C19H14BrN3/c1-12-3-2-10-21-18(12)13-4-6-14(7-5-13)19-22-16-9-8-15(20)11-17(16)23-19/h2-11H,1H3,(H,22,23). The van der Waals surface area contributed by atoms with Crippen LogP contribution in [0.5, 0.6) is 0 Å². The first-order valence-electron chi connectivity index (χ1n) is 7.38. The van der Waals surface area contributed by atoms with Gasteiger partial charge in [-0.25, -0.2) is 4.98 Å². The molecule has 2 aromatic carbocycles. The lowest BCUT2D eigenvalue weighted by atomic mass is 10.0.